The van der Waals surface area contributed by atoms with Crippen molar-refractivity contribution in [2.45, 2.75) is 40.0 Å². The molecule has 0 N–H and O–H groups in total. The van der Waals surface area contributed by atoms with Crippen molar-refractivity contribution in [2.75, 3.05) is 18.4 Å². The predicted octanol–water partition coefficient (Wildman–Crippen LogP) is 3.06. The van der Waals surface area contributed by atoms with Gasteiger partial charge in [0.15, 0.2) is 0 Å². The Labute approximate surface area is 102 Å². The lowest BCUT2D eigenvalue weighted by Crippen LogP contribution is -2.41. The number of nitrogens with zero attached hydrogens (tertiary/aromatic N) is 1. The fourth-order valence-electron chi connectivity index (χ4n) is 2.23. The van der Waals surface area contributed by atoms with E-state index in [-0.39, 0.29) is 0 Å². The molecule has 1 aliphatic rings. The van der Waals surface area contributed by atoms with Gasteiger partial charge in [0, 0.05) is 24.8 Å². The number of rotatable bonds is 2. The van der Waals surface area contributed by atoms with Gasteiger partial charge in [-0.3, -0.25) is 4.79 Å². The minimum absolute atomic E-state index is 0.305. The molecule has 0 radical (unpaired) electrons. The minimum atomic E-state index is 0.305. The Morgan fingerprint density at radius 2 is 1.87 bits per heavy atom. The first-order valence-electron chi connectivity index (χ1n) is 5.79. The average molecular weight is 276 g/mol. The molecule has 1 saturated heterocycles. The van der Waals surface area contributed by atoms with Crippen LogP contribution < -0.4 is 0 Å². The first-order valence-corrected chi connectivity index (χ1v) is 6.91. The van der Waals surface area contributed by atoms with Gasteiger partial charge in [-0.1, -0.05) is 36.7 Å². The number of carbonyl (C=O) groups excluding carboxylic acids is 1. The predicted molar refractivity (Wildman–Crippen MR) is 67.2 cm³/mol. The first kappa shape index (κ1) is 13.0. The molecule has 1 rings (SSSR count). The molecule has 0 spiro atoms. The van der Waals surface area contributed by atoms with Crippen LogP contribution in [0.4, 0.5) is 0 Å². The van der Waals surface area contributed by atoms with E-state index in [9.17, 15) is 4.79 Å². The second-order valence-electron chi connectivity index (χ2n) is 5.46. The molecule has 0 aromatic heterocycles. The molecular weight excluding hydrogens is 254 g/mol. The number of hydrogen-bond acceptors (Lipinski definition) is 1. The highest BCUT2D eigenvalue weighted by atomic mass is 79.9. The van der Waals surface area contributed by atoms with Crippen LogP contribution in [0.5, 0.6) is 0 Å². The van der Waals surface area contributed by atoms with E-state index < -0.39 is 0 Å². The topological polar surface area (TPSA) is 20.3 Å². The van der Waals surface area contributed by atoms with Crippen molar-refractivity contribution >= 4 is 21.8 Å². The molecule has 1 fully saturated rings. The molecule has 0 saturated carbocycles. The van der Waals surface area contributed by atoms with Gasteiger partial charge < -0.3 is 4.90 Å². The van der Waals surface area contributed by atoms with Crippen LogP contribution in [-0.2, 0) is 4.79 Å². The number of alkyl halides is 1. The van der Waals surface area contributed by atoms with E-state index >= 15 is 0 Å². The summed E-state index contributed by atoms with van der Waals surface area (Å²) in [7, 11) is 0. The van der Waals surface area contributed by atoms with Gasteiger partial charge in [-0.15, -0.1) is 0 Å². The van der Waals surface area contributed by atoms with Crippen LogP contribution >= 0.6 is 15.9 Å². The maximum absolute atomic E-state index is 11.7. The van der Waals surface area contributed by atoms with Crippen LogP contribution in [0.3, 0.4) is 0 Å². The zero-order chi connectivity index (χ0) is 11.5. The highest BCUT2D eigenvalue weighted by molar-refractivity contribution is 9.09. The lowest BCUT2D eigenvalue weighted by atomic mass is 9.75. The van der Waals surface area contributed by atoms with E-state index in [2.05, 4.69) is 36.7 Å². The molecule has 0 unspecified atom stereocenters. The summed E-state index contributed by atoms with van der Waals surface area (Å²) in [5.74, 6) is 1.07. The summed E-state index contributed by atoms with van der Waals surface area (Å²) in [5, 5.41) is 0.783. The third kappa shape index (κ3) is 3.78. The first-order chi connectivity index (χ1) is 6.95. The van der Waals surface area contributed by atoms with E-state index in [0.717, 1.165) is 37.2 Å². The van der Waals surface area contributed by atoms with Gasteiger partial charge in [0.25, 0.3) is 0 Å². The van der Waals surface area contributed by atoms with E-state index in [0.29, 0.717) is 17.7 Å². The summed E-state index contributed by atoms with van der Waals surface area (Å²) < 4.78 is 0. The summed E-state index contributed by atoms with van der Waals surface area (Å²) in [4.78, 5) is 13.7. The van der Waals surface area contributed by atoms with E-state index in [1.54, 1.807) is 0 Å². The molecular formula is C12H22BrNO. The normalized spacial score (nSPS) is 19.3. The largest absolute Gasteiger partial charge is 0.343 e. The van der Waals surface area contributed by atoms with Crippen molar-refractivity contribution in [1.29, 1.82) is 0 Å². The molecule has 3 heteroatoms. The number of carbonyl (C=O) groups is 1. The Hall–Kier alpha value is -0.0500. The number of hydrogen-bond donors (Lipinski definition) is 0. The van der Waals surface area contributed by atoms with Crippen LogP contribution in [0.25, 0.3) is 0 Å². The van der Waals surface area contributed by atoms with E-state index in [1.165, 1.54) is 0 Å². The molecule has 88 valence electrons. The van der Waals surface area contributed by atoms with Gasteiger partial charge in [0.1, 0.15) is 0 Å². The second-order valence-corrected chi connectivity index (χ2v) is 6.25. The summed E-state index contributed by atoms with van der Waals surface area (Å²) >= 11 is 3.31. The lowest BCUT2D eigenvalue weighted by molar-refractivity contribution is -0.132. The molecule has 15 heavy (non-hydrogen) atoms. The molecule has 1 heterocycles. The number of halogens is 1. The molecule has 1 amide bonds. The molecule has 0 aliphatic carbocycles. The van der Waals surface area contributed by atoms with Crippen LogP contribution in [0.15, 0.2) is 0 Å². The minimum Gasteiger partial charge on any atom is -0.343 e. The molecule has 1 aliphatic heterocycles. The number of amides is 1. The number of piperidine rings is 1. The summed E-state index contributed by atoms with van der Waals surface area (Å²) in [5.41, 5.74) is 0.393. The molecule has 0 atom stereocenters. The zero-order valence-electron chi connectivity index (χ0n) is 10.1. The van der Waals surface area contributed by atoms with Crippen LogP contribution in [0, 0.1) is 11.3 Å². The van der Waals surface area contributed by atoms with Gasteiger partial charge in [0.2, 0.25) is 5.91 Å². The molecule has 0 bridgehead atoms. The van der Waals surface area contributed by atoms with Crippen molar-refractivity contribution in [3.8, 4) is 0 Å². The Balaban J connectivity index is 2.39. The van der Waals surface area contributed by atoms with Gasteiger partial charge in [0.05, 0.1) is 0 Å². The third-order valence-corrected chi connectivity index (χ3v) is 3.78. The molecule has 0 aromatic rings. The standard InChI is InChI=1S/C12H22BrNO/c1-12(2,3)10-5-8-14(9-6-10)11(15)4-7-13/h10H,4-9H2,1-3H3. The SMILES string of the molecule is CC(C)(C)C1CCN(C(=O)CCBr)CC1. The van der Waals surface area contributed by atoms with Crippen molar-refractivity contribution in [1.82, 2.24) is 4.90 Å². The van der Waals surface area contributed by atoms with Crippen molar-refractivity contribution in [3.05, 3.63) is 0 Å². The Morgan fingerprint density at radius 3 is 2.27 bits per heavy atom. The molecule has 2 nitrogen and oxygen atoms in total. The maximum Gasteiger partial charge on any atom is 0.223 e. The van der Waals surface area contributed by atoms with Crippen LogP contribution in [0.2, 0.25) is 0 Å². The monoisotopic (exact) mass is 275 g/mol. The van der Waals surface area contributed by atoms with Crippen molar-refractivity contribution < 1.29 is 4.79 Å². The van der Waals surface area contributed by atoms with Crippen molar-refractivity contribution in [2.24, 2.45) is 11.3 Å². The highest BCUT2D eigenvalue weighted by Gasteiger charge is 2.29. The van der Waals surface area contributed by atoms with Crippen LogP contribution in [-0.4, -0.2) is 29.2 Å². The lowest BCUT2D eigenvalue weighted by Gasteiger charge is -2.38. The van der Waals surface area contributed by atoms with Gasteiger partial charge in [-0.05, 0) is 24.2 Å². The fraction of sp³-hybridized carbons (Fsp3) is 0.917. The summed E-state index contributed by atoms with van der Waals surface area (Å²) in [6.07, 6.45) is 2.97. The van der Waals surface area contributed by atoms with Gasteiger partial charge >= 0.3 is 0 Å². The highest BCUT2D eigenvalue weighted by Crippen LogP contribution is 2.34. The second kappa shape index (κ2) is 5.33. The quantitative estimate of drug-likeness (QED) is 0.710. The zero-order valence-corrected chi connectivity index (χ0v) is 11.6. The average Bonchev–Trinajstić information content (AvgIpc) is 2.17. The van der Waals surface area contributed by atoms with Crippen LogP contribution in [0.1, 0.15) is 40.0 Å². The third-order valence-electron chi connectivity index (χ3n) is 3.38. The number of likely N-dealkylation sites (tertiary alicyclic amines) is 1. The Kier molecular flexibility index (Phi) is 4.63. The van der Waals surface area contributed by atoms with Crippen molar-refractivity contribution in [3.63, 3.8) is 0 Å². The smallest absolute Gasteiger partial charge is 0.223 e. The summed E-state index contributed by atoms with van der Waals surface area (Å²) in [6.45, 7) is 8.80. The fourth-order valence-corrected chi connectivity index (χ4v) is 2.57. The maximum atomic E-state index is 11.7. The summed E-state index contributed by atoms with van der Waals surface area (Å²) in [6, 6.07) is 0. The Morgan fingerprint density at radius 1 is 1.33 bits per heavy atom. The molecule has 0 aromatic carbocycles. The Bertz CT molecular complexity index is 214. The van der Waals surface area contributed by atoms with Gasteiger partial charge in [-0.25, -0.2) is 0 Å². The van der Waals surface area contributed by atoms with E-state index in [1.807, 2.05) is 4.90 Å². The van der Waals surface area contributed by atoms with Gasteiger partial charge in [-0.2, -0.15) is 0 Å². The van der Waals surface area contributed by atoms with E-state index in [4.69, 9.17) is 0 Å².